The molecule has 1 N–H and O–H groups in total. The molecule has 96 valence electrons. The van der Waals surface area contributed by atoms with Crippen LogP contribution in [0.25, 0.3) is 5.65 Å². The van der Waals surface area contributed by atoms with Gasteiger partial charge in [-0.25, -0.2) is 19.3 Å². The Kier molecular flexibility index (Phi) is 2.75. The van der Waals surface area contributed by atoms with Crippen molar-refractivity contribution in [3.8, 4) is 0 Å². The van der Waals surface area contributed by atoms with Gasteiger partial charge < -0.3 is 9.64 Å². The lowest BCUT2D eigenvalue weighted by atomic mass is 10.4. The molecule has 3 heterocycles. The van der Waals surface area contributed by atoms with E-state index in [2.05, 4.69) is 20.1 Å². The minimum absolute atomic E-state index is 0.247. The minimum Gasteiger partial charge on any atom is -0.378 e. The minimum atomic E-state index is -0.247. The SMILES string of the molecule is COCc1cc2n[nH]c(=O)n2c(N2CCCC2)n1. The number of hydrogen-bond acceptors (Lipinski definition) is 5. The molecule has 0 amide bonds. The van der Waals surface area contributed by atoms with Gasteiger partial charge in [-0.05, 0) is 12.8 Å². The van der Waals surface area contributed by atoms with E-state index in [1.165, 1.54) is 4.40 Å². The fourth-order valence-electron chi connectivity index (χ4n) is 2.31. The van der Waals surface area contributed by atoms with Gasteiger partial charge in [0.1, 0.15) is 0 Å². The first-order valence-corrected chi connectivity index (χ1v) is 6.00. The van der Waals surface area contributed by atoms with Gasteiger partial charge in [0.2, 0.25) is 5.95 Å². The van der Waals surface area contributed by atoms with Crippen molar-refractivity contribution in [1.82, 2.24) is 19.6 Å². The first-order chi connectivity index (χ1) is 8.79. The molecule has 0 spiro atoms. The lowest BCUT2D eigenvalue weighted by molar-refractivity contribution is 0.181. The van der Waals surface area contributed by atoms with E-state index in [1.54, 1.807) is 13.2 Å². The van der Waals surface area contributed by atoms with E-state index < -0.39 is 0 Å². The molecule has 2 aromatic rings. The summed E-state index contributed by atoms with van der Waals surface area (Å²) < 4.78 is 6.61. The molecule has 1 fully saturated rings. The van der Waals surface area contributed by atoms with Crippen LogP contribution in [0.2, 0.25) is 0 Å². The fourth-order valence-corrected chi connectivity index (χ4v) is 2.31. The number of nitrogens with zero attached hydrogens (tertiary/aromatic N) is 4. The Hall–Kier alpha value is -1.89. The molecule has 0 saturated carbocycles. The van der Waals surface area contributed by atoms with Crippen molar-refractivity contribution in [3.63, 3.8) is 0 Å². The Bertz CT molecular complexity index is 611. The van der Waals surface area contributed by atoms with Crippen molar-refractivity contribution in [3.05, 3.63) is 22.2 Å². The number of anilines is 1. The summed E-state index contributed by atoms with van der Waals surface area (Å²) in [7, 11) is 1.62. The molecule has 0 unspecified atom stereocenters. The van der Waals surface area contributed by atoms with Crippen molar-refractivity contribution < 1.29 is 4.74 Å². The molecule has 7 heteroatoms. The van der Waals surface area contributed by atoms with Crippen LogP contribution in [0.4, 0.5) is 5.95 Å². The highest BCUT2D eigenvalue weighted by molar-refractivity contribution is 5.47. The Balaban J connectivity index is 2.18. The first kappa shape index (κ1) is 11.2. The number of H-pyrrole nitrogens is 1. The molecular formula is C11H15N5O2. The summed E-state index contributed by atoms with van der Waals surface area (Å²) >= 11 is 0. The standard InChI is InChI=1S/C11H15N5O2/c1-18-7-8-6-9-13-14-11(17)16(9)10(12-8)15-4-2-3-5-15/h6H,2-5,7H2,1H3,(H,14,17). The third-order valence-electron chi connectivity index (χ3n) is 3.12. The molecule has 2 aromatic heterocycles. The summed E-state index contributed by atoms with van der Waals surface area (Å²) in [4.78, 5) is 18.4. The van der Waals surface area contributed by atoms with E-state index in [0.29, 0.717) is 18.2 Å². The number of aromatic amines is 1. The van der Waals surface area contributed by atoms with Crippen molar-refractivity contribution >= 4 is 11.6 Å². The quantitative estimate of drug-likeness (QED) is 0.839. The second kappa shape index (κ2) is 4.41. The number of fused-ring (bicyclic) bond motifs is 1. The van der Waals surface area contributed by atoms with Crippen molar-refractivity contribution in [2.24, 2.45) is 0 Å². The zero-order valence-corrected chi connectivity index (χ0v) is 10.2. The molecular weight excluding hydrogens is 234 g/mol. The van der Waals surface area contributed by atoms with Gasteiger partial charge in [-0.1, -0.05) is 0 Å². The van der Waals surface area contributed by atoms with Crippen LogP contribution >= 0.6 is 0 Å². The average molecular weight is 249 g/mol. The highest BCUT2D eigenvalue weighted by Crippen LogP contribution is 2.18. The molecule has 0 atom stereocenters. The third-order valence-corrected chi connectivity index (χ3v) is 3.12. The Morgan fingerprint density at radius 3 is 2.94 bits per heavy atom. The third kappa shape index (κ3) is 1.76. The summed E-state index contributed by atoms with van der Waals surface area (Å²) in [5.41, 5.74) is 1.12. The zero-order chi connectivity index (χ0) is 12.5. The number of rotatable bonds is 3. The van der Waals surface area contributed by atoms with Gasteiger partial charge in [0.15, 0.2) is 5.65 Å². The lowest BCUT2D eigenvalue weighted by Gasteiger charge is -2.17. The Morgan fingerprint density at radius 2 is 2.22 bits per heavy atom. The molecule has 3 rings (SSSR count). The summed E-state index contributed by atoms with van der Waals surface area (Å²) in [6.07, 6.45) is 2.26. The van der Waals surface area contributed by atoms with Crippen LogP contribution in [0, 0.1) is 0 Å². The van der Waals surface area contributed by atoms with E-state index in [1.807, 2.05) is 0 Å². The summed E-state index contributed by atoms with van der Waals surface area (Å²) in [6.45, 7) is 2.27. The van der Waals surface area contributed by atoms with E-state index in [-0.39, 0.29) is 5.69 Å². The predicted octanol–water partition coefficient (Wildman–Crippen LogP) is 0.164. The maximum absolute atomic E-state index is 11.8. The number of methoxy groups -OCH3 is 1. The lowest BCUT2D eigenvalue weighted by Crippen LogP contribution is -2.26. The zero-order valence-electron chi connectivity index (χ0n) is 10.2. The second-order valence-electron chi connectivity index (χ2n) is 4.40. The van der Waals surface area contributed by atoms with E-state index in [9.17, 15) is 4.79 Å². The van der Waals surface area contributed by atoms with Gasteiger partial charge in [0, 0.05) is 26.3 Å². The van der Waals surface area contributed by atoms with Crippen LogP contribution in [0.5, 0.6) is 0 Å². The molecule has 1 aliphatic heterocycles. The van der Waals surface area contributed by atoms with Crippen molar-refractivity contribution in [2.75, 3.05) is 25.1 Å². The predicted molar refractivity (Wildman–Crippen MR) is 65.8 cm³/mol. The van der Waals surface area contributed by atoms with Gasteiger partial charge in [-0.15, -0.1) is 0 Å². The van der Waals surface area contributed by atoms with E-state index in [4.69, 9.17) is 4.74 Å². The van der Waals surface area contributed by atoms with Crippen LogP contribution in [-0.2, 0) is 11.3 Å². The fraction of sp³-hybridized carbons (Fsp3) is 0.545. The van der Waals surface area contributed by atoms with Gasteiger partial charge in [0.05, 0.1) is 12.3 Å². The molecule has 7 nitrogen and oxygen atoms in total. The Labute approximate surface area is 103 Å². The van der Waals surface area contributed by atoms with Crippen molar-refractivity contribution in [1.29, 1.82) is 0 Å². The van der Waals surface area contributed by atoms with E-state index in [0.717, 1.165) is 31.6 Å². The van der Waals surface area contributed by atoms with Crippen LogP contribution in [-0.4, -0.2) is 39.8 Å². The number of aromatic nitrogens is 4. The van der Waals surface area contributed by atoms with Crippen molar-refractivity contribution in [2.45, 2.75) is 19.4 Å². The molecule has 1 saturated heterocycles. The molecule has 0 aliphatic carbocycles. The molecule has 0 bridgehead atoms. The molecule has 0 aromatic carbocycles. The summed E-state index contributed by atoms with van der Waals surface area (Å²) in [5.74, 6) is 0.663. The maximum atomic E-state index is 11.8. The number of hydrogen-bond donors (Lipinski definition) is 1. The van der Waals surface area contributed by atoms with Gasteiger partial charge in [0.25, 0.3) is 0 Å². The van der Waals surface area contributed by atoms with Crippen LogP contribution in [0.15, 0.2) is 10.9 Å². The van der Waals surface area contributed by atoms with Gasteiger partial charge in [-0.2, -0.15) is 5.10 Å². The highest BCUT2D eigenvalue weighted by Gasteiger charge is 2.19. The van der Waals surface area contributed by atoms with Crippen LogP contribution in [0.1, 0.15) is 18.5 Å². The normalized spacial score (nSPS) is 15.7. The topological polar surface area (TPSA) is 75.5 Å². The molecule has 1 aliphatic rings. The number of nitrogens with one attached hydrogen (secondary N) is 1. The molecule has 0 radical (unpaired) electrons. The van der Waals surface area contributed by atoms with Crippen LogP contribution < -0.4 is 10.6 Å². The van der Waals surface area contributed by atoms with Crippen LogP contribution in [0.3, 0.4) is 0 Å². The Morgan fingerprint density at radius 1 is 1.44 bits per heavy atom. The van der Waals surface area contributed by atoms with E-state index >= 15 is 0 Å². The smallest absolute Gasteiger partial charge is 0.350 e. The first-order valence-electron chi connectivity index (χ1n) is 6.00. The molecule has 18 heavy (non-hydrogen) atoms. The summed E-state index contributed by atoms with van der Waals surface area (Å²) in [6, 6.07) is 1.76. The van der Waals surface area contributed by atoms with Gasteiger partial charge in [-0.3, -0.25) is 0 Å². The number of ether oxygens (including phenoxy) is 1. The largest absolute Gasteiger partial charge is 0.378 e. The van der Waals surface area contributed by atoms with Gasteiger partial charge >= 0.3 is 5.69 Å². The maximum Gasteiger partial charge on any atom is 0.350 e. The second-order valence-corrected chi connectivity index (χ2v) is 4.40. The monoisotopic (exact) mass is 249 g/mol. The summed E-state index contributed by atoms with van der Waals surface area (Å²) in [5, 5.41) is 6.46. The highest BCUT2D eigenvalue weighted by atomic mass is 16.5. The average Bonchev–Trinajstić information content (AvgIpc) is 2.99.